The van der Waals surface area contributed by atoms with Gasteiger partial charge in [-0.15, -0.1) is 0 Å². The van der Waals surface area contributed by atoms with Crippen molar-refractivity contribution in [3.05, 3.63) is 59.7 Å². The van der Waals surface area contributed by atoms with Crippen LogP contribution in [0.25, 0.3) is 11.1 Å². The van der Waals surface area contributed by atoms with Crippen LogP contribution in [0, 0.1) is 5.92 Å². The van der Waals surface area contributed by atoms with E-state index < -0.39 is 39.9 Å². The van der Waals surface area contributed by atoms with Crippen molar-refractivity contribution in [1.82, 2.24) is 10.6 Å². The first kappa shape index (κ1) is 24.7. The van der Waals surface area contributed by atoms with Crippen molar-refractivity contribution in [3.8, 4) is 11.1 Å². The summed E-state index contributed by atoms with van der Waals surface area (Å²) < 4.78 is 28.3. The largest absolute Gasteiger partial charge is 0.481 e. The predicted molar refractivity (Wildman–Crippen MR) is 129 cm³/mol. The van der Waals surface area contributed by atoms with Crippen LogP contribution in [-0.4, -0.2) is 61.7 Å². The topological polar surface area (TPSA) is 139 Å². The second-order valence-electron chi connectivity index (χ2n) is 9.09. The van der Waals surface area contributed by atoms with Crippen molar-refractivity contribution in [1.29, 1.82) is 0 Å². The molecule has 0 spiro atoms. The quantitative estimate of drug-likeness (QED) is 0.480. The summed E-state index contributed by atoms with van der Waals surface area (Å²) >= 11 is 0. The van der Waals surface area contributed by atoms with E-state index in [1.54, 1.807) is 6.92 Å². The lowest BCUT2D eigenvalue weighted by Crippen LogP contribution is -2.55. The molecule has 2 amide bonds. The average Bonchev–Trinajstić information content (AvgIpc) is 3.12. The third-order valence-electron chi connectivity index (χ3n) is 6.61. The van der Waals surface area contributed by atoms with Gasteiger partial charge in [0.1, 0.15) is 12.6 Å². The molecule has 1 saturated heterocycles. The fraction of sp³-hybridized carbons (Fsp3) is 0.400. The zero-order valence-corrected chi connectivity index (χ0v) is 20.1. The van der Waals surface area contributed by atoms with E-state index in [1.165, 1.54) is 0 Å². The van der Waals surface area contributed by atoms with Crippen LogP contribution in [0.2, 0.25) is 0 Å². The van der Waals surface area contributed by atoms with Crippen molar-refractivity contribution in [2.75, 3.05) is 18.1 Å². The zero-order chi connectivity index (χ0) is 25.2. The minimum atomic E-state index is -3.05. The molecule has 2 unspecified atom stereocenters. The maximum absolute atomic E-state index is 12.8. The molecule has 1 aliphatic heterocycles. The van der Waals surface area contributed by atoms with E-state index in [9.17, 15) is 22.8 Å². The smallest absolute Gasteiger partial charge is 0.407 e. The summed E-state index contributed by atoms with van der Waals surface area (Å²) in [5.41, 5.74) is 4.27. The lowest BCUT2D eigenvalue weighted by molar-refractivity contribution is -0.137. The number of sulfone groups is 1. The number of nitrogens with one attached hydrogen (secondary N) is 2. The van der Waals surface area contributed by atoms with Crippen molar-refractivity contribution in [3.63, 3.8) is 0 Å². The minimum absolute atomic E-state index is 0.00591. The Labute approximate surface area is 203 Å². The number of fused-ring (bicyclic) bond motifs is 3. The second kappa shape index (κ2) is 10.1. The Morgan fingerprint density at radius 2 is 1.57 bits per heavy atom. The molecule has 35 heavy (non-hydrogen) atoms. The van der Waals surface area contributed by atoms with E-state index in [4.69, 9.17) is 9.84 Å². The Bertz CT molecular complexity index is 1190. The van der Waals surface area contributed by atoms with Gasteiger partial charge in [-0.1, -0.05) is 48.5 Å². The molecule has 9 nitrogen and oxygen atoms in total. The first-order valence-electron chi connectivity index (χ1n) is 11.5. The van der Waals surface area contributed by atoms with Crippen molar-refractivity contribution in [2.24, 2.45) is 5.92 Å². The molecule has 2 aromatic carbocycles. The number of alkyl carbamates (subject to hydrolysis) is 1. The molecule has 2 aliphatic rings. The fourth-order valence-corrected chi connectivity index (χ4v) is 6.44. The summed E-state index contributed by atoms with van der Waals surface area (Å²) in [6.07, 6.45) is -1.27. The third-order valence-corrected chi connectivity index (χ3v) is 8.48. The Kier molecular flexibility index (Phi) is 7.11. The van der Waals surface area contributed by atoms with Crippen molar-refractivity contribution < 1.29 is 32.6 Å². The maximum atomic E-state index is 12.8. The number of hydrogen-bond donors (Lipinski definition) is 3. The van der Waals surface area contributed by atoms with E-state index in [-0.39, 0.29) is 42.8 Å². The number of aliphatic carboxylic acids is 1. The molecular formula is C25H28N2O7S. The SMILES string of the molecule is CC(NC(=O)C(CCC(=O)O)NC(=O)OCC1c2ccccc2-c2ccccc21)C1CS(=O)(=O)C1. The van der Waals surface area contributed by atoms with Crippen LogP contribution >= 0.6 is 0 Å². The van der Waals surface area contributed by atoms with Crippen LogP contribution in [0.1, 0.15) is 36.8 Å². The van der Waals surface area contributed by atoms with Crippen LogP contribution in [0.3, 0.4) is 0 Å². The van der Waals surface area contributed by atoms with Gasteiger partial charge in [-0.25, -0.2) is 13.2 Å². The third kappa shape index (κ3) is 5.64. The van der Waals surface area contributed by atoms with Gasteiger partial charge >= 0.3 is 12.1 Å². The van der Waals surface area contributed by atoms with Gasteiger partial charge in [0.25, 0.3) is 0 Å². The van der Waals surface area contributed by atoms with Gasteiger partial charge in [-0.2, -0.15) is 0 Å². The number of carboxylic acids is 1. The Balaban J connectivity index is 1.38. The average molecular weight is 501 g/mol. The number of carboxylic acid groups (broad SMARTS) is 1. The van der Waals surface area contributed by atoms with Gasteiger partial charge in [0.05, 0.1) is 11.5 Å². The highest BCUT2D eigenvalue weighted by Gasteiger charge is 2.38. The lowest BCUT2D eigenvalue weighted by Gasteiger charge is -2.32. The van der Waals surface area contributed by atoms with Crippen molar-refractivity contribution in [2.45, 2.75) is 37.8 Å². The fourth-order valence-electron chi connectivity index (χ4n) is 4.65. The Hall–Kier alpha value is -3.40. The normalized spacial score (nSPS) is 17.9. The Morgan fingerprint density at radius 3 is 2.11 bits per heavy atom. The van der Waals surface area contributed by atoms with Crippen LogP contribution in [0.5, 0.6) is 0 Å². The molecule has 2 aromatic rings. The highest BCUT2D eigenvalue weighted by molar-refractivity contribution is 7.92. The van der Waals surface area contributed by atoms with E-state index in [1.807, 2.05) is 48.5 Å². The molecule has 1 fully saturated rings. The molecule has 1 aliphatic carbocycles. The van der Waals surface area contributed by atoms with E-state index in [0.717, 1.165) is 22.3 Å². The molecule has 1 heterocycles. The summed E-state index contributed by atoms with van der Waals surface area (Å²) in [6.45, 7) is 1.75. The zero-order valence-electron chi connectivity index (χ0n) is 19.3. The second-order valence-corrected chi connectivity index (χ2v) is 11.2. The monoisotopic (exact) mass is 500 g/mol. The highest BCUT2D eigenvalue weighted by atomic mass is 32.2. The first-order chi connectivity index (χ1) is 16.6. The van der Waals surface area contributed by atoms with Gasteiger partial charge in [0.2, 0.25) is 5.91 Å². The van der Waals surface area contributed by atoms with E-state index in [2.05, 4.69) is 10.6 Å². The summed E-state index contributed by atoms with van der Waals surface area (Å²) in [5, 5.41) is 14.2. The molecule has 10 heteroatoms. The van der Waals surface area contributed by atoms with Crippen LogP contribution < -0.4 is 10.6 Å². The molecule has 2 atom stereocenters. The Morgan fingerprint density at radius 1 is 1.00 bits per heavy atom. The highest BCUT2D eigenvalue weighted by Crippen LogP contribution is 2.44. The molecule has 0 bridgehead atoms. The standard InChI is InChI=1S/C25H28N2O7S/c1-15(16-13-35(32,33)14-16)26-24(30)22(10-11-23(28)29)27-25(31)34-12-21-19-8-4-2-6-17(19)18-7-3-5-9-20(18)21/h2-9,15-16,21-22H,10-14H2,1H3,(H,26,30)(H,27,31)(H,28,29). The van der Waals surface area contributed by atoms with E-state index in [0.29, 0.717) is 0 Å². The van der Waals surface area contributed by atoms with Crippen molar-refractivity contribution >= 4 is 27.8 Å². The molecule has 4 rings (SSSR count). The maximum Gasteiger partial charge on any atom is 0.407 e. The molecule has 186 valence electrons. The summed E-state index contributed by atoms with van der Waals surface area (Å²) in [5.74, 6) is -2.05. The predicted octanol–water partition coefficient (Wildman–Crippen LogP) is 2.31. The summed E-state index contributed by atoms with van der Waals surface area (Å²) in [6, 6.07) is 14.2. The van der Waals surface area contributed by atoms with Crippen LogP contribution in [-0.2, 0) is 24.2 Å². The van der Waals surface area contributed by atoms with Gasteiger partial charge in [0.15, 0.2) is 9.84 Å². The number of carbonyl (C=O) groups excluding carboxylic acids is 2. The molecule has 3 N–H and O–H groups in total. The number of benzene rings is 2. The number of amides is 2. The minimum Gasteiger partial charge on any atom is -0.481 e. The molecular weight excluding hydrogens is 472 g/mol. The number of hydrogen-bond acceptors (Lipinski definition) is 6. The molecule has 0 saturated carbocycles. The number of carbonyl (C=O) groups is 3. The van der Waals surface area contributed by atoms with Gasteiger partial charge in [-0.05, 0) is 35.6 Å². The summed E-state index contributed by atoms with van der Waals surface area (Å²) in [7, 11) is -3.05. The molecule has 0 radical (unpaired) electrons. The lowest BCUT2D eigenvalue weighted by atomic mass is 9.98. The summed E-state index contributed by atoms with van der Waals surface area (Å²) in [4.78, 5) is 36.4. The van der Waals surface area contributed by atoms with Gasteiger partial charge in [0, 0.05) is 24.3 Å². The first-order valence-corrected chi connectivity index (χ1v) is 13.3. The van der Waals surface area contributed by atoms with Gasteiger partial charge < -0.3 is 20.5 Å². The van der Waals surface area contributed by atoms with Gasteiger partial charge in [-0.3, -0.25) is 9.59 Å². The van der Waals surface area contributed by atoms with Crippen LogP contribution in [0.4, 0.5) is 4.79 Å². The number of rotatable bonds is 9. The molecule has 0 aromatic heterocycles. The van der Waals surface area contributed by atoms with Crippen LogP contribution in [0.15, 0.2) is 48.5 Å². The number of ether oxygens (including phenoxy) is 1. The van der Waals surface area contributed by atoms with E-state index >= 15 is 0 Å².